The van der Waals surface area contributed by atoms with Crippen LogP contribution in [0.2, 0.25) is 0 Å². The Labute approximate surface area is 236 Å². The zero-order valence-electron chi connectivity index (χ0n) is 22.3. The molecule has 4 nitrogen and oxygen atoms in total. The molecule has 0 aliphatic carbocycles. The van der Waals surface area contributed by atoms with Crippen molar-refractivity contribution in [1.82, 2.24) is 0 Å². The zero-order chi connectivity index (χ0) is 27.9. The van der Waals surface area contributed by atoms with Crippen LogP contribution in [0.4, 0.5) is 0 Å². The highest BCUT2D eigenvalue weighted by atomic mass is 16.5. The third-order valence-corrected chi connectivity index (χ3v) is 7.52. The molecule has 0 aliphatic rings. The second-order valence-corrected chi connectivity index (χ2v) is 10.1. The van der Waals surface area contributed by atoms with Crippen molar-refractivity contribution in [3.63, 3.8) is 0 Å². The maximum absolute atomic E-state index is 13.5. The number of aryl methyl sites for hydroxylation is 1. The van der Waals surface area contributed by atoms with E-state index in [0.717, 1.165) is 32.5 Å². The van der Waals surface area contributed by atoms with E-state index in [1.165, 1.54) is 0 Å². The fraction of sp³-hybridized carbons (Fsp3) is 0.0270. The average Bonchev–Trinajstić information content (AvgIpc) is 3.02. The third kappa shape index (κ3) is 4.36. The van der Waals surface area contributed by atoms with Crippen LogP contribution in [0, 0.1) is 6.92 Å². The van der Waals surface area contributed by atoms with Crippen LogP contribution in [0.3, 0.4) is 0 Å². The molecule has 196 valence electrons. The highest BCUT2D eigenvalue weighted by Crippen LogP contribution is 2.44. The van der Waals surface area contributed by atoms with Gasteiger partial charge in [-0.1, -0.05) is 103 Å². The van der Waals surface area contributed by atoms with Crippen molar-refractivity contribution < 1.29 is 19.1 Å². The molecule has 0 saturated carbocycles. The van der Waals surface area contributed by atoms with Crippen molar-refractivity contribution >= 4 is 55.0 Å². The summed E-state index contributed by atoms with van der Waals surface area (Å²) >= 11 is 0. The smallest absolute Gasteiger partial charge is 0.343 e. The largest absolute Gasteiger partial charge is 0.422 e. The first-order valence-corrected chi connectivity index (χ1v) is 13.4. The van der Waals surface area contributed by atoms with Gasteiger partial charge in [0.1, 0.15) is 11.5 Å². The number of hydrogen-bond donors (Lipinski definition) is 0. The molecule has 0 aromatic heterocycles. The highest BCUT2D eigenvalue weighted by molar-refractivity contribution is 6.15. The number of fused-ring (bicyclic) bond motifs is 4. The number of rotatable bonds is 4. The van der Waals surface area contributed by atoms with E-state index in [1.807, 2.05) is 122 Å². The van der Waals surface area contributed by atoms with Gasteiger partial charge in [-0.3, -0.25) is 0 Å². The summed E-state index contributed by atoms with van der Waals surface area (Å²) in [5, 5.41) is 6.81. The van der Waals surface area contributed by atoms with E-state index in [0.29, 0.717) is 38.8 Å². The van der Waals surface area contributed by atoms with Crippen LogP contribution >= 0.6 is 0 Å². The number of esters is 2. The SMILES string of the molecule is Cc1cccc2c(OC(=O)c3ccc4ccccc4c3)c3ccccc3c(OC(=O)c3ccc4ccccc4c3)c12. The predicted molar refractivity (Wildman–Crippen MR) is 164 cm³/mol. The fourth-order valence-electron chi connectivity index (χ4n) is 5.47. The Kier molecular flexibility index (Phi) is 5.94. The molecule has 0 spiro atoms. The minimum absolute atomic E-state index is 0.433. The zero-order valence-corrected chi connectivity index (χ0v) is 22.3. The summed E-state index contributed by atoms with van der Waals surface area (Å²) in [5.74, 6) is -0.0312. The molecule has 0 fully saturated rings. The molecule has 0 bridgehead atoms. The second-order valence-electron chi connectivity index (χ2n) is 10.1. The van der Waals surface area contributed by atoms with E-state index in [2.05, 4.69) is 0 Å². The van der Waals surface area contributed by atoms with Gasteiger partial charge in [0, 0.05) is 21.5 Å². The minimum Gasteiger partial charge on any atom is -0.422 e. The maximum Gasteiger partial charge on any atom is 0.343 e. The molecule has 0 aliphatic heterocycles. The molecule has 0 radical (unpaired) electrons. The topological polar surface area (TPSA) is 52.6 Å². The van der Waals surface area contributed by atoms with Crippen LogP contribution < -0.4 is 9.47 Å². The molecule has 0 amide bonds. The molecule has 7 aromatic carbocycles. The standard InChI is InChI=1S/C37H24O4/c1-23-9-8-16-32-33(23)35(41-37(39)29-20-18-25-11-3-5-13-27(25)22-29)31-15-7-6-14-30(31)34(32)40-36(38)28-19-17-24-10-2-4-12-26(24)21-28/h2-22H,1H3. The summed E-state index contributed by atoms with van der Waals surface area (Å²) in [5.41, 5.74) is 1.82. The Morgan fingerprint density at radius 2 is 0.927 bits per heavy atom. The number of ether oxygens (including phenoxy) is 2. The molecular formula is C37H24O4. The van der Waals surface area contributed by atoms with Crippen molar-refractivity contribution in [3.8, 4) is 11.5 Å². The van der Waals surface area contributed by atoms with Gasteiger partial charge in [-0.05, 0) is 58.3 Å². The van der Waals surface area contributed by atoms with Gasteiger partial charge in [0.25, 0.3) is 0 Å². The van der Waals surface area contributed by atoms with Crippen LogP contribution in [-0.4, -0.2) is 11.9 Å². The van der Waals surface area contributed by atoms with Crippen LogP contribution in [0.15, 0.2) is 127 Å². The predicted octanol–water partition coefficient (Wildman–Crippen LogP) is 9.05. The lowest BCUT2D eigenvalue weighted by Gasteiger charge is -2.18. The van der Waals surface area contributed by atoms with Crippen molar-refractivity contribution in [3.05, 3.63) is 144 Å². The monoisotopic (exact) mass is 532 g/mol. The molecule has 41 heavy (non-hydrogen) atoms. The van der Waals surface area contributed by atoms with Gasteiger partial charge in [0.05, 0.1) is 11.1 Å². The van der Waals surface area contributed by atoms with E-state index in [4.69, 9.17) is 9.47 Å². The highest BCUT2D eigenvalue weighted by Gasteiger charge is 2.22. The van der Waals surface area contributed by atoms with Crippen molar-refractivity contribution in [2.45, 2.75) is 6.92 Å². The van der Waals surface area contributed by atoms with E-state index in [1.54, 1.807) is 12.1 Å². The quantitative estimate of drug-likeness (QED) is 0.129. The van der Waals surface area contributed by atoms with E-state index in [-0.39, 0.29) is 0 Å². The van der Waals surface area contributed by atoms with Gasteiger partial charge < -0.3 is 9.47 Å². The fourth-order valence-corrected chi connectivity index (χ4v) is 5.47. The summed E-state index contributed by atoms with van der Waals surface area (Å²) in [6.45, 7) is 1.96. The van der Waals surface area contributed by atoms with Crippen LogP contribution in [-0.2, 0) is 0 Å². The van der Waals surface area contributed by atoms with Crippen LogP contribution in [0.1, 0.15) is 26.3 Å². The second kappa shape index (κ2) is 9.92. The van der Waals surface area contributed by atoms with E-state index in [9.17, 15) is 9.59 Å². The lowest BCUT2D eigenvalue weighted by atomic mass is 9.97. The number of benzene rings is 7. The molecule has 0 unspecified atom stereocenters. The summed E-state index contributed by atoms with van der Waals surface area (Å²) in [6.07, 6.45) is 0. The lowest BCUT2D eigenvalue weighted by Crippen LogP contribution is -2.11. The Balaban J connectivity index is 1.35. The van der Waals surface area contributed by atoms with E-state index >= 15 is 0 Å². The molecular weight excluding hydrogens is 508 g/mol. The van der Waals surface area contributed by atoms with Gasteiger partial charge in [-0.2, -0.15) is 0 Å². The maximum atomic E-state index is 13.5. The summed E-state index contributed by atoms with van der Waals surface area (Å²) in [7, 11) is 0. The van der Waals surface area contributed by atoms with Gasteiger partial charge in [-0.15, -0.1) is 0 Å². The third-order valence-electron chi connectivity index (χ3n) is 7.52. The molecule has 0 heterocycles. The average molecular weight is 533 g/mol. The van der Waals surface area contributed by atoms with Crippen LogP contribution in [0.25, 0.3) is 43.1 Å². The van der Waals surface area contributed by atoms with Crippen molar-refractivity contribution in [2.75, 3.05) is 0 Å². The number of carbonyl (C=O) groups excluding carboxylic acids is 2. The van der Waals surface area contributed by atoms with Gasteiger partial charge in [0.15, 0.2) is 0 Å². The Morgan fingerprint density at radius 3 is 1.51 bits per heavy atom. The van der Waals surface area contributed by atoms with Crippen molar-refractivity contribution in [1.29, 1.82) is 0 Å². The first kappa shape index (κ1) is 24.6. The minimum atomic E-state index is -0.454. The van der Waals surface area contributed by atoms with Crippen molar-refractivity contribution in [2.24, 2.45) is 0 Å². The molecule has 7 aromatic rings. The molecule has 0 saturated heterocycles. The summed E-state index contributed by atoms with van der Waals surface area (Å²) in [4.78, 5) is 27.0. The Bertz CT molecular complexity index is 2160. The first-order valence-electron chi connectivity index (χ1n) is 13.4. The van der Waals surface area contributed by atoms with E-state index < -0.39 is 11.9 Å². The molecule has 0 N–H and O–H groups in total. The molecule has 4 heteroatoms. The lowest BCUT2D eigenvalue weighted by molar-refractivity contribution is 0.0726. The number of carbonyl (C=O) groups is 2. The van der Waals surface area contributed by atoms with Gasteiger partial charge in [0.2, 0.25) is 0 Å². The normalized spacial score (nSPS) is 11.2. The summed E-state index contributed by atoms with van der Waals surface area (Å²) in [6, 6.07) is 40.2. The molecule has 0 atom stereocenters. The summed E-state index contributed by atoms with van der Waals surface area (Å²) < 4.78 is 12.3. The Morgan fingerprint density at radius 1 is 0.463 bits per heavy atom. The van der Waals surface area contributed by atoms with Gasteiger partial charge in [-0.25, -0.2) is 9.59 Å². The number of hydrogen-bond acceptors (Lipinski definition) is 4. The van der Waals surface area contributed by atoms with Gasteiger partial charge >= 0.3 is 11.9 Å². The first-order chi connectivity index (χ1) is 20.1. The van der Waals surface area contributed by atoms with Crippen LogP contribution in [0.5, 0.6) is 11.5 Å². The molecule has 7 rings (SSSR count). The Hall–Kier alpha value is -5.48.